The molecule has 1 aromatic carbocycles. The average molecular weight is 289 g/mol. The second kappa shape index (κ2) is 9.86. The summed E-state index contributed by atoms with van der Waals surface area (Å²) in [6.07, 6.45) is 1.81. The van der Waals surface area contributed by atoms with E-state index in [1.54, 1.807) is 0 Å². The van der Waals surface area contributed by atoms with Gasteiger partial charge >= 0.3 is 0 Å². The van der Waals surface area contributed by atoms with Crippen molar-refractivity contribution in [2.45, 2.75) is 27.3 Å². The molecule has 116 valence electrons. The van der Waals surface area contributed by atoms with Gasteiger partial charge in [0.2, 0.25) is 0 Å². The van der Waals surface area contributed by atoms with Gasteiger partial charge in [0.1, 0.15) is 5.75 Å². The van der Waals surface area contributed by atoms with Crippen molar-refractivity contribution in [2.75, 3.05) is 19.7 Å². The van der Waals surface area contributed by atoms with Crippen molar-refractivity contribution < 1.29 is 4.74 Å². The minimum absolute atomic E-state index is 0.523. The molecule has 0 unspecified atom stereocenters. The lowest BCUT2D eigenvalue weighted by atomic mass is 10.2. The van der Waals surface area contributed by atoms with Crippen LogP contribution >= 0.6 is 0 Å². The first-order valence-corrected chi connectivity index (χ1v) is 7.50. The molecular formula is C17H27N3O. The largest absolute Gasteiger partial charge is 0.493 e. The highest BCUT2D eigenvalue weighted by Crippen LogP contribution is 2.15. The monoisotopic (exact) mass is 289 g/mol. The van der Waals surface area contributed by atoms with E-state index in [0.29, 0.717) is 19.0 Å². The molecule has 0 aliphatic heterocycles. The van der Waals surface area contributed by atoms with E-state index >= 15 is 0 Å². The Hall–Kier alpha value is -1.97. The zero-order valence-electron chi connectivity index (χ0n) is 13.4. The topological polar surface area (TPSA) is 45.7 Å². The first-order valence-electron chi connectivity index (χ1n) is 7.50. The van der Waals surface area contributed by atoms with E-state index in [9.17, 15) is 0 Å². The van der Waals surface area contributed by atoms with Gasteiger partial charge in [-0.1, -0.05) is 32.1 Å². The molecule has 0 fully saturated rings. The predicted octanol–water partition coefficient (Wildman–Crippen LogP) is 2.96. The molecule has 4 heteroatoms. The van der Waals surface area contributed by atoms with Gasteiger partial charge in [0, 0.05) is 13.1 Å². The maximum Gasteiger partial charge on any atom is 0.191 e. The Morgan fingerprint density at radius 1 is 1.38 bits per heavy atom. The van der Waals surface area contributed by atoms with Crippen LogP contribution in [0.3, 0.4) is 0 Å². The molecule has 21 heavy (non-hydrogen) atoms. The van der Waals surface area contributed by atoms with Gasteiger partial charge in [-0.15, -0.1) is 6.58 Å². The minimum atomic E-state index is 0.523. The standard InChI is InChI=1S/C17H27N3O/c1-5-10-19-17(18-6-2)20-12-15-8-7-9-16(11-15)21-13-14(3)4/h5,7-9,11,14H,1,6,10,12-13H2,2-4H3,(H2,18,19,20). The normalized spacial score (nSPS) is 11.3. The molecule has 0 radical (unpaired) electrons. The molecule has 0 amide bonds. The summed E-state index contributed by atoms with van der Waals surface area (Å²) in [6, 6.07) is 8.09. The summed E-state index contributed by atoms with van der Waals surface area (Å²) >= 11 is 0. The molecule has 0 aliphatic rings. The number of nitrogens with one attached hydrogen (secondary N) is 2. The Kier molecular flexibility index (Phi) is 8.02. The summed E-state index contributed by atoms with van der Waals surface area (Å²) in [5, 5.41) is 6.39. The molecule has 2 N–H and O–H groups in total. The van der Waals surface area contributed by atoms with Crippen LogP contribution in [0, 0.1) is 5.92 Å². The SMILES string of the molecule is C=CCNC(=NCc1cccc(OCC(C)C)c1)NCC. The Labute approximate surface area is 128 Å². The maximum absolute atomic E-state index is 5.73. The lowest BCUT2D eigenvalue weighted by Crippen LogP contribution is -2.37. The molecule has 0 aliphatic carbocycles. The van der Waals surface area contributed by atoms with Gasteiger partial charge in [0.15, 0.2) is 5.96 Å². The van der Waals surface area contributed by atoms with Gasteiger partial charge in [-0.2, -0.15) is 0 Å². The number of guanidine groups is 1. The summed E-state index contributed by atoms with van der Waals surface area (Å²) in [5.41, 5.74) is 1.13. The molecule has 0 bridgehead atoms. The van der Waals surface area contributed by atoms with Gasteiger partial charge < -0.3 is 15.4 Å². The lowest BCUT2D eigenvalue weighted by Gasteiger charge is -2.11. The summed E-state index contributed by atoms with van der Waals surface area (Å²) in [5.74, 6) is 2.22. The third kappa shape index (κ3) is 7.40. The molecule has 0 spiro atoms. The number of ether oxygens (including phenoxy) is 1. The Morgan fingerprint density at radius 2 is 2.19 bits per heavy atom. The van der Waals surface area contributed by atoms with Crippen LogP contribution in [0.1, 0.15) is 26.3 Å². The van der Waals surface area contributed by atoms with E-state index in [4.69, 9.17) is 4.74 Å². The fourth-order valence-corrected chi connectivity index (χ4v) is 1.68. The molecule has 0 saturated carbocycles. The van der Waals surface area contributed by atoms with E-state index < -0.39 is 0 Å². The van der Waals surface area contributed by atoms with Crippen LogP contribution in [0.2, 0.25) is 0 Å². The van der Waals surface area contributed by atoms with Crippen LogP contribution in [0.4, 0.5) is 0 Å². The van der Waals surface area contributed by atoms with Gasteiger partial charge in [0.05, 0.1) is 13.2 Å². The van der Waals surface area contributed by atoms with Crippen molar-refractivity contribution in [2.24, 2.45) is 10.9 Å². The van der Waals surface area contributed by atoms with Gasteiger partial charge in [-0.25, -0.2) is 4.99 Å². The number of benzene rings is 1. The smallest absolute Gasteiger partial charge is 0.191 e. The van der Waals surface area contributed by atoms with Gasteiger partial charge in [0.25, 0.3) is 0 Å². The van der Waals surface area contributed by atoms with Crippen LogP contribution in [0.25, 0.3) is 0 Å². The molecule has 1 rings (SSSR count). The molecule has 4 nitrogen and oxygen atoms in total. The Balaban J connectivity index is 2.63. The van der Waals surface area contributed by atoms with Crippen molar-refractivity contribution in [1.82, 2.24) is 10.6 Å². The van der Waals surface area contributed by atoms with Gasteiger partial charge in [-0.05, 0) is 30.5 Å². The third-order valence-corrected chi connectivity index (χ3v) is 2.66. The van der Waals surface area contributed by atoms with Crippen molar-refractivity contribution >= 4 is 5.96 Å². The minimum Gasteiger partial charge on any atom is -0.493 e. The third-order valence-electron chi connectivity index (χ3n) is 2.66. The fourth-order valence-electron chi connectivity index (χ4n) is 1.68. The van der Waals surface area contributed by atoms with Crippen molar-refractivity contribution in [3.05, 3.63) is 42.5 Å². The van der Waals surface area contributed by atoms with E-state index in [1.807, 2.05) is 31.2 Å². The van der Waals surface area contributed by atoms with Crippen molar-refractivity contribution in [3.8, 4) is 5.75 Å². The van der Waals surface area contributed by atoms with Crippen LogP contribution < -0.4 is 15.4 Å². The zero-order valence-corrected chi connectivity index (χ0v) is 13.4. The van der Waals surface area contributed by atoms with E-state index in [0.717, 1.165) is 30.4 Å². The van der Waals surface area contributed by atoms with Crippen LogP contribution in [0.15, 0.2) is 41.9 Å². The Bertz CT molecular complexity index is 455. The highest BCUT2D eigenvalue weighted by atomic mass is 16.5. The number of rotatable bonds is 8. The second-order valence-electron chi connectivity index (χ2n) is 5.22. The van der Waals surface area contributed by atoms with E-state index in [-0.39, 0.29) is 0 Å². The van der Waals surface area contributed by atoms with E-state index in [2.05, 4.69) is 42.1 Å². The first kappa shape index (κ1) is 17.1. The predicted molar refractivity (Wildman–Crippen MR) is 89.8 cm³/mol. The van der Waals surface area contributed by atoms with Crippen molar-refractivity contribution in [3.63, 3.8) is 0 Å². The van der Waals surface area contributed by atoms with E-state index in [1.165, 1.54) is 0 Å². The number of aliphatic imine (C=N–C) groups is 1. The van der Waals surface area contributed by atoms with Crippen molar-refractivity contribution in [1.29, 1.82) is 0 Å². The Morgan fingerprint density at radius 3 is 2.86 bits per heavy atom. The quantitative estimate of drug-likeness (QED) is 0.439. The number of hydrogen-bond acceptors (Lipinski definition) is 2. The van der Waals surface area contributed by atoms with Crippen LogP contribution in [-0.2, 0) is 6.54 Å². The summed E-state index contributed by atoms with van der Waals surface area (Å²) in [6.45, 7) is 12.9. The average Bonchev–Trinajstić information content (AvgIpc) is 2.48. The van der Waals surface area contributed by atoms with Crippen LogP contribution in [0.5, 0.6) is 5.75 Å². The molecule has 0 aromatic heterocycles. The highest BCUT2D eigenvalue weighted by molar-refractivity contribution is 5.79. The molecule has 0 heterocycles. The summed E-state index contributed by atoms with van der Waals surface area (Å²) in [7, 11) is 0. The molecule has 1 aromatic rings. The van der Waals surface area contributed by atoms with Crippen LogP contribution in [-0.4, -0.2) is 25.7 Å². The fraction of sp³-hybridized carbons (Fsp3) is 0.471. The summed E-state index contributed by atoms with van der Waals surface area (Å²) < 4.78 is 5.73. The maximum atomic E-state index is 5.73. The summed E-state index contributed by atoms with van der Waals surface area (Å²) in [4.78, 5) is 4.55. The molecule has 0 atom stereocenters. The zero-order chi connectivity index (χ0) is 15.5. The molecule has 0 saturated heterocycles. The molecular weight excluding hydrogens is 262 g/mol. The number of hydrogen-bond donors (Lipinski definition) is 2. The lowest BCUT2D eigenvalue weighted by molar-refractivity contribution is 0.271. The second-order valence-corrected chi connectivity index (χ2v) is 5.22. The number of nitrogens with zero attached hydrogens (tertiary/aromatic N) is 1. The first-order chi connectivity index (χ1) is 10.2. The van der Waals surface area contributed by atoms with Gasteiger partial charge in [-0.3, -0.25) is 0 Å². The highest BCUT2D eigenvalue weighted by Gasteiger charge is 2.00.